The van der Waals surface area contributed by atoms with Gasteiger partial charge in [0.25, 0.3) is 0 Å². The van der Waals surface area contributed by atoms with Crippen LogP contribution in [0.4, 0.5) is 0 Å². The van der Waals surface area contributed by atoms with Crippen molar-refractivity contribution in [2.24, 2.45) is 0 Å². The molecule has 25 heavy (non-hydrogen) atoms. The van der Waals surface area contributed by atoms with Gasteiger partial charge in [-0.15, -0.1) is 0 Å². The van der Waals surface area contributed by atoms with Gasteiger partial charge < -0.3 is 14.2 Å². The molecule has 0 spiro atoms. The molecule has 0 bridgehead atoms. The molecule has 1 aromatic carbocycles. The number of pyridine rings is 1. The van der Waals surface area contributed by atoms with E-state index in [-0.39, 0.29) is 0 Å². The molecule has 1 aromatic heterocycles. The van der Waals surface area contributed by atoms with Gasteiger partial charge in [-0.2, -0.15) is 0 Å². The van der Waals surface area contributed by atoms with E-state index in [1.807, 2.05) is 25.1 Å². The Morgan fingerprint density at radius 1 is 1.08 bits per heavy atom. The normalized spacial score (nSPS) is 17.5. The average molecular weight is 342 g/mol. The second kappa shape index (κ2) is 7.74. The van der Waals surface area contributed by atoms with Crippen molar-refractivity contribution in [3.63, 3.8) is 0 Å². The molecule has 2 aromatic rings. The number of benzene rings is 1. The minimum atomic E-state index is 0.360. The molecule has 0 aliphatic carbocycles. The molecule has 5 heteroatoms. The van der Waals surface area contributed by atoms with Gasteiger partial charge in [0.1, 0.15) is 0 Å². The fourth-order valence-electron chi connectivity index (χ4n) is 3.56. The topological polar surface area (TPSA) is 43.8 Å². The van der Waals surface area contributed by atoms with E-state index in [2.05, 4.69) is 17.0 Å². The Hall–Kier alpha value is -2.27. The summed E-state index contributed by atoms with van der Waals surface area (Å²) in [6.45, 7) is 3.94. The summed E-state index contributed by atoms with van der Waals surface area (Å²) in [6, 6.07) is 10.7. The first-order valence-corrected chi connectivity index (χ1v) is 8.62. The Bertz CT molecular complexity index is 708. The smallest absolute Gasteiger partial charge is 0.203 e. The van der Waals surface area contributed by atoms with Gasteiger partial charge in [-0.1, -0.05) is 6.07 Å². The fourth-order valence-corrected chi connectivity index (χ4v) is 3.56. The van der Waals surface area contributed by atoms with Gasteiger partial charge in [0.05, 0.1) is 33.1 Å². The second-order valence-electron chi connectivity index (χ2n) is 6.37. The van der Waals surface area contributed by atoms with E-state index in [0.717, 1.165) is 36.5 Å². The second-order valence-corrected chi connectivity index (χ2v) is 6.37. The molecule has 5 nitrogen and oxygen atoms in total. The molecule has 3 rings (SSSR count). The van der Waals surface area contributed by atoms with Crippen LogP contribution in [0.25, 0.3) is 0 Å². The predicted molar refractivity (Wildman–Crippen MR) is 97.5 cm³/mol. The highest BCUT2D eigenvalue weighted by atomic mass is 16.5. The lowest BCUT2D eigenvalue weighted by atomic mass is 10.1. The molecule has 1 saturated heterocycles. The summed E-state index contributed by atoms with van der Waals surface area (Å²) in [5.41, 5.74) is 3.37. The van der Waals surface area contributed by atoms with Crippen LogP contribution in [0.5, 0.6) is 17.2 Å². The molecule has 0 amide bonds. The zero-order valence-electron chi connectivity index (χ0n) is 15.4. The summed E-state index contributed by atoms with van der Waals surface area (Å²) in [5.74, 6) is 2.02. The molecular weight excluding hydrogens is 316 g/mol. The van der Waals surface area contributed by atoms with Crippen LogP contribution in [0.2, 0.25) is 0 Å². The summed E-state index contributed by atoms with van der Waals surface area (Å²) in [4.78, 5) is 7.21. The third-order valence-electron chi connectivity index (χ3n) is 4.73. The lowest BCUT2D eigenvalue weighted by molar-refractivity contribution is 0.243. The molecule has 0 radical (unpaired) electrons. The molecular formula is C20H26N2O3. The van der Waals surface area contributed by atoms with Crippen molar-refractivity contribution >= 4 is 0 Å². The van der Waals surface area contributed by atoms with Crippen molar-refractivity contribution in [1.29, 1.82) is 0 Å². The number of nitrogens with zero attached hydrogens (tertiary/aromatic N) is 2. The first-order chi connectivity index (χ1) is 12.2. The maximum Gasteiger partial charge on any atom is 0.203 e. The third-order valence-corrected chi connectivity index (χ3v) is 4.73. The Balaban J connectivity index is 1.86. The number of methoxy groups -OCH3 is 3. The van der Waals surface area contributed by atoms with E-state index in [0.29, 0.717) is 23.3 Å². The van der Waals surface area contributed by atoms with E-state index < -0.39 is 0 Å². The molecule has 0 saturated carbocycles. The maximum absolute atomic E-state index is 5.48. The van der Waals surface area contributed by atoms with E-state index in [9.17, 15) is 0 Å². The number of aryl methyl sites for hydroxylation is 1. The van der Waals surface area contributed by atoms with E-state index in [4.69, 9.17) is 19.2 Å². The molecule has 134 valence electrons. The van der Waals surface area contributed by atoms with Crippen molar-refractivity contribution in [3.05, 3.63) is 47.3 Å². The van der Waals surface area contributed by atoms with E-state index >= 15 is 0 Å². The number of aromatic nitrogens is 1. The molecule has 1 aliphatic heterocycles. The molecule has 1 aliphatic rings. The fraction of sp³-hybridized carbons (Fsp3) is 0.450. The van der Waals surface area contributed by atoms with Gasteiger partial charge >= 0.3 is 0 Å². The van der Waals surface area contributed by atoms with Gasteiger partial charge in [0, 0.05) is 12.2 Å². The van der Waals surface area contributed by atoms with Crippen LogP contribution in [0.3, 0.4) is 0 Å². The number of ether oxygens (including phenoxy) is 3. The van der Waals surface area contributed by atoms with Crippen molar-refractivity contribution in [1.82, 2.24) is 9.88 Å². The Kier molecular flexibility index (Phi) is 5.43. The van der Waals surface area contributed by atoms with Gasteiger partial charge in [-0.05, 0) is 56.1 Å². The van der Waals surface area contributed by atoms with Gasteiger partial charge in [0.2, 0.25) is 5.75 Å². The Morgan fingerprint density at radius 2 is 1.80 bits per heavy atom. The van der Waals surface area contributed by atoms with Crippen molar-refractivity contribution < 1.29 is 14.2 Å². The van der Waals surface area contributed by atoms with Crippen LogP contribution in [0, 0.1) is 6.92 Å². The maximum atomic E-state index is 5.48. The highest BCUT2D eigenvalue weighted by molar-refractivity contribution is 5.53. The summed E-state index contributed by atoms with van der Waals surface area (Å²) in [5, 5.41) is 0. The van der Waals surface area contributed by atoms with Crippen molar-refractivity contribution in [2.75, 3.05) is 27.9 Å². The van der Waals surface area contributed by atoms with Crippen LogP contribution in [-0.4, -0.2) is 37.8 Å². The van der Waals surface area contributed by atoms with Crippen LogP contribution < -0.4 is 14.2 Å². The molecule has 0 N–H and O–H groups in total. The third kappa shape index (κ3) is 3.71. The average Bonchev–Trinajstić information content (AvgIpc) is 3.08. The number of hydrogen-bond acceptors (Lipinski definition) is 5. The standard InChI is InChI=1S/C20H26N2O3/c1-14-7-5-8-16(21-14)17-9-6-10-22(17)13-15-11-18(23-2)20(25-4)19(12-15)24-3/h5,7-8,11-12,17H,6,9-10,13H2,1-4H3/t17-/m1/s1. The molecule has 2 heterocycles. The summed E-state index contributed by atoms with van der Waals surface area (Å²) in [7, 11) is 4.92. The molecule has 1 fully saturated rings. The predicted octanol–water partition coefficient (Wildman–Crippen LogP) is 3.75. The molecule has 0 unspecified atom stereocenters. The highest BCUT2D eigenvalue weighted by Crippen LogP contribution is 2.40. The Morgan fingerprint density at radius 3 is 2.40 bits per heavy atom. The van der Waals surface area contributed by atoms with Crippen LogP contribution in [-0.2, 0) is 6.54 Å². The first-order valence-electron chi connectivity index (χ1n) is 8.62. The molecule has 1 atom stereocenters. The van der Waals surface area contributed by atoms with Crippen LogP contribution in [0.15, 0.2) is 30.3 Å². The monoisotopic (exact) mass is 342 g/mol. The minimum absolute atomic E-state index is 0.360. The number of rotatable bonds is 6. The van der Waals surface area contributed by atoms with Gasteiger partial charge in [-0.25, -0.2) is 0 Å². The zero-order chi connectivity index (χ0) is 17.8. The highest BCUT2D eigenvalue weighted by Gasteiger charge is 2.27. The number of likely N-dealkylation sites (tertiary alicyclic amines) is 1. The Labute approximate surface area is 149 Å². The summed E-state index contributed by atoms with van der Waals surface area (Å²) >= 11 is 0. The summed E-state index contributed by atoms with van der Waals surface area (Å²) in [6.07, 6.45) is 2.32. The zero-order valence-corrected chi connectivity index (χ0v) is 15.4. The van der Waals surface area contributed by atoms with Crippen LogP contribution in [0.1, 0.15) is 35.8 Å². The van der Waals surface area contributed by atoms with E-state index in [1.54, 1.807) is 21.3 Å². The largest absolute Gasteiger partial charge is 0.493 e. The van der Waals surface area contributed by atoms with E-state index in [1.165, 1.54) is 6.42 Å². The lowest BCUT2D eigenvalue weighted by Crippen LogP contribution is -2.23. The first kappa shape index (κ1) is 17.5. The van der Waals surface area contributed by atoms with Crippen LogP contribution >= 0.6 is 0 Å². The minimum Gasteiger partial charge on any atom is -0.493 e. The quantitative estimate of drug-likeness (QED) is 0.800. The van der Waals surface area contributed by atoms with Gasteiger partial charge in [0.15, 0.2) is 11.5 Å². The van der Waals surface area contributed by atoms with Crippen molar-refractivity contribution in [2.45, 2.75) is 32.4 Å². The summed E-state index contributed by atoms with van der Waals surface area (Å²) < 4.78 is 16.4. The number of hydrogen-bond donors (Lipinski definition) is 0. The lowest BCUT2D eigenvalue weighted by Gasteiger charge is -2.25. The van der Waals surface area contributed by atoms with Gasteiger partial charge in [-0.3, -0.25) is 9.88 Å². The van der Waals surface area contributed by atoms with Crippen molar-refractivity contribution in [3.8, 4) is 17.2 Å². The SMILES string of the molecule is COc1cc(CN2CCC[C@@H]2c2cccc(C)n2)cc(OC)c1OC.